The highest BCUT2D eigenvalue weighted by Crippen LogP contribution is 2.24. The van der Waals surface area contributed by atoms with E-state index in [9.17, 15) is 13.2 Å². The summed E-state index contributed by atoms with van der Waals surface area (Å²) >= 11 is 0. The lowest BCUT2D eigenvalue weighted by Gasteiger charge is -2.23. The molecule has 2 saturated heterocycles. The average molecular weight is 246 g/mol. The highest BCUT2D eigenvalue weighted by atomic mass is 32.2. The van der Waals surface area contributed by atoms with Crippen molar-refractivity contribution >= 4 is 16.0 Å². The molecule has 2 aliphatic rings. The molecule has 5 nitrogen and oxygen atoms in total. The van der Waals surface area contributed by atoms with E-state index < -0.39 is 10.2 Å². The maximum atomic E-state index is 12.1. The standard InChI is InChI=1S/C10H18N2O3S/c1-9(13)10-4-7-12(8-10)16(14,15)11-5-2-3-6-11/h10H,2-8H2,1H3. The topological polar surface area (TPSA) is 57.7 Å². The summed E-state index contributed by atoms with van der Waals surface area (Å²) in [5.41, 5.74) is 0. The molecule has 1 atom stereocenters. The summed E-state index contributed by atoms with van der Waals surface area (Å²) < 4.78 is 27.3. The van der Waals surface area contributed by atoms with Gasteiger partial charge >= 0.3 is 0 Å². The van der Waals surface area contributed by atoms with E-state index in [1.54, 1.807) is 0 Å². The molecular formula is C10H18N2O3S. The molecule has 2 aliphatic heterocycles. The molecule has 1 unspecified atom stereocenters. The third-order valence-electron chi connectivity index (χ3n) is 3.44. The van der Waals surface area contributed by atoms with Crippen molar-refractivity contribution in [2.24, 2.45) is 5.92 Å². The van der Waals surface area contributed by atoms with E-state index in [4.69, 9.17) is 0 Å². The third-order valence-corrected chi connectivity index (χ3v) is 5.45. The van der Waals surface area contributed by atoms with Crippen LogP contribution in [0.3, 0.4) is 0 Å². The van der Waals surface area contributed by atoms with Gasteiger partial charge in [0.25, 0.3) is 10.2 Å². The molecular weight excluding hydrogens is 228 g/mol. The fraction of sp³-hybridized carbons (Fsp3) is 0.900. The molecule has 92 valence electrons. The predicted octanol–water partition coefficient (Wildman–Crippen LogP) is 0.238. The van der Waals surface area contributed by atoms with Crippen molar-refractivity contribution in [3.8, 4) is 0 Å². The Hall–Kier alpha value is -0.460. The molecule has 2 fully saturated rings. The molecule has 0 bridgehead atoms. The van der Waals surface area contributed by atoms with Gasteiger partial charge < -0.3 is 0 Å². The SMILES string of the molecule is CC(=O)C1CCN(S(=O)(=O)N2CCCC2)C1. The maximum absolute atomic E-state index is 12.1. The Bertz CT molecular complexity index is 374. The van der Waals surface area contributed by atoms with Crippen molar-refractivity contribution in [3.05, 3.63) is 0 Å². The zero-order valence-corrected chi connectivity index (χ0v) is 10.4. The second-order valence-electron chi connectivity index (χ2n) is 4.57. The Kier molecular flexibility index (Phi) is 3.32. The third kappa shape index (κ3) is 2.14. The molecule has 2 heterocycles. The molecule has 16 heavy (non-hydrogen) atoms. The van der Waals surface area contributed by atoms with E-state index >= 15 is 0 Å². The summed E-state index contributed by atoms with van der Waals surface area (Å²) in [6.45, 7) is 3.65. The molecule has 2 rings (SSSR count). The van der Waals surface area contributed by atoms with E-state index in [1.807, 2.05) is 0 Å². The average Bonchev–Trinajstić information content (AvgIpc) is 2.90. The predicted molar refractivity (Wildman–Crippen MR) is 60.1 cm³/mol. The van der Waals surface area contributed by atoms with Crippen LogP contribution in [0.5, 0.6) is 0 Å². The van der Waals surface area contributed by atoms with Crippen LogP contribution in [0.1, 0.15) is 26.2 Å². The lowest BCUT2D eigenvalue weighted by Crippen LogP contribution is -2.41. The van der Waals surface area contributed by atoms with Gasteiger partial charge in [-0.15, -0.1) is 0 Å². The zero-order chi connectivity index (χ0) is 11.8. The van der Waals surface area contributed by atoms with Gasteiger partial charge in [0.15, 0.2) is 0 Å². The van der Waals surface area contributed by atoms with Crippen LogP contribution in [0.2, 0.25) is 0 Å². The number of hydrogen-bond acceptors (Lipinski definition) is 3. The van der Waals surface area contributed by atoms with Crippen LogP contribution in [0, 0.1) is 5.92 Å². The van der Waals surface area contributed by atoms with Crippen LogP contribution in [-0.4, -0.2) is 49.0 Å². The summed E-state index contributed by atoms with van der Waals surface area (Å²) in [4.78, 5) is 11.2. The minimum Gasteiger partial charge on any atom is -0.300 e. The minimum atomic E-state index is -3.29. The van der Waals surface area contributed by atoms with E-state index in [2.05, 4.69) is 0 Å². The van der Waals surface area contributed by atoms with Crippen LogP contribution in [0.25, 0.3) is 0 Å². The maximum Gasteiger partial charge on any atom is 0.281 e. The van der Waals surface area contributed by atoms with Crippen LogP contribution in [0.15, 0.2) is 0 Å². The Morgan fingerprint density at radius 2 is 1.75 bits per heavy atom. The van der Waals surface area contributed by atoms with E-state index in [1.165, 1.54) is 15.5 Å². The van der Waals surface area contributed by atoms with E-state index in [-0.39, 0.29) is 11.7 Å². The summed E-state index contributed by atoms with van der Waals surface area (Å²) in [5.74, 6) is -0.00324. The molecule has 0 saturated carbocycles. The molecule has 0 radical (unpaired) electrons. The Morgan fingerprint density at radius 3 is 2.25 bits per heavy atom. The van der Waals surface area contributed by atoms with Crippen LogP contribution in [-0.2, 0) is 15.0 Å². The molecule has 6 heteroatoms. The van der Waals surface area contributed by atoms with Gasteiger partial charge in [0.05, 0.1) is 0 Å². The molecule has 0 aliphatic carbocycles. The molecule has 0 amide bonds. The second kappa shape index (κ2) is 4.43. The minimum absolute atomic E-state index is 0.0964. The smallest absolute Gasteiger partial charge is 0.281 e. The Labute approximate surface area is 96.6 Å². The first kappa shape index (κ1) is 12.0. The quantitative estimate of drug-likeness (QED) is 0.716. The van der Waals surface area contributed by atoms with E-state index in [0.29, 0.717) is 32.6 Å². The van der Waals surface area contributed by atoms with Gasteiger partial charge in [0, 0.05) is 32.1 Å². The van der Waals surface area contributed by atoms with Crippen molar-refractivity contribution in [2.75, 3.05) is 26.2 Å². The van der Waals surface area contributed by atoms with Crippen molar-refractivity contribution < 1.29 is 13.2 Å². The highest BCUT2D eigenvalue weighted by molar-refractivity contribution is 7.86. The van der Waals surface area contributed by atoms with Crippen molar-refractivity contribution in [3.63, 3.8) is 0 Å². The molecule has 0 aromatic heterocycles. The fourth-order valence-electron chi connectivity index (χ4n) is 2.35. The number of nitrogens with zero attached hydrogens (tertiary/aromatic N) is 2. The normalized spacial score (nSPS) is 28.7. The molecule has 0 N–H and O–H groups in total. The number of rotatable bonds is 3. The molecule has 0 aromatic carbocycles. The van der Waals surface area contributed by atoms with Gasteiger partial charge in [-0.25, -0.2) is 0 Å². The van der Waals surface area contributed by atoms with Crippen molar-refractivity contribution in [2.45, 2.75) is 26.2 Å². The van der Waals surface area contributed by atoms with Gasteiger partial charge in [0.2, 0.25) is 0 Å². The monoisotopic (exact) mass is 246 g/mol. The van der Waals surface area contributed by atoms with Gasteiger partial charge in [-0.05, 0) is 26.2 Å². The first-order chi connectivity index (χ1) is 7.51. The van der Waals surface area contributed by atoms with Gasteiger partial charge in [0.1, 0.15) is 5.78 Å². The first-order valence-corrected chi connectivity index (χ1v) is 7.17. The summed E-state index contributed by atoms with van der Waals surface area (Å²) in [7, 11) is -3.29. The summed E-state index contributed by atoms with van der Waals surface area (Å²) in [6.07, 6.45) is 2.56. The van der Waals surface area contributed by atoms with E-state index in [0.717, 1.165) is 12.8 Å². The van der Waals surface area contributed by atoms with Crippen molar-refractivity contribution in [1.82, 2.24) is 8.61 Å². The number of carbonyl (C=O) groups is 1. The van der Waals surface area contributed by atoms with Crippen LogP contribution < -0.4 is 0 Å². The van der Waals surface area contributed by atoms with Crippen LogP contribution >= 0.6 is 0 Å². The fourth-order valence-corrected chi connectivity index (χ4v) is 4.10. The van der Waals surface area contributed by atoms with Gasteiger partial charge in [-0.3, -0.25) is 4.79 Å². The zero-order valence-electron chi connectivity index (χ0n) is 9.55. The lowest BCUT2D eigenvalue weighted by atomic mass is 10.1. The largest absolute Gasteiger partial charge is 0.300 e. The number of Topliss-reactive ketones (excluding diaryl/α,β-unsaturated/α-hetero) is 1. The second-order valence-corrected chi connectivity index (χ2v) is 6.50. The Morgan fingerprint density at radius 1 is 1.12 bits per heavy atom. The number of ketones is 1. The Balaban J connectivity index is 2.05. The summed E-state index contributed by atoms with van der Waals surface area (Å²) in [5, 5.41) is 0. The van der Waals surface area contributed by atoms with Crippen molar-refractivity contribution in [1.29, 1.82) is 0 Å². The molecule has 0 aromatic rings. The van der Waals surface area contributed by atoms with Gasteiger partial charge in [-0.1, -0.05) is 0 Å². The number of carbonyl (C=O) groups excluding carboxylic acids is 1. The van der Waals surface area contributed by atoms with Gasteiger partial charge in [-0.2, -0.15) is 17.0 Å². The summed E-state index contributed by atoms with van der Waals surface area (Å²) in [6, 6.07) is 0. The molecule has 0 spiro atoms. The highest BCUT2D eigenvalue weighted by Gasteiger charge is 2.37. The number of hydrogen-bond donors (Lipinski definition) is 0. The first-order valence-electron chi connectivity index (χ1n) is 5.77. The lowest BCUT2D eigenvalue weighted by molar-refractivity contribution is -0.120. The van der Waals surface area contributed by atoms with Crippen LogP contribution in [0.4, 0.5) is 0 Å².